The molecular weight excluding hydrogens is 420 g/mol. The second-order valence-corrected chi connectivity index (χ2v) is 8.78. The summed E-state index contributed by atoms with van der Waals surface area (Å²) >= 11 is 7.79. The van der Waals surface area contributed by atoms with E-state index in [0.717, 1.165) is 28.2 Å². The molecule has 154 valence electrons. The van der Waals surface area contributed by atoms with Crippen molar-refractivity contribution in [2.24, 2.45) is 5.73 Å². The van der Waals surface area contributed by atoms with E-state index in [1.54, 1.807) is 17.4 Å². The van der Waals surface area contributed by atoms with Crippen LogP contribution in [0.4, 0.5) is 0 Å². The molecule has 0 unspecified atom stereocenters. The van der Waals surface area contributed by atoms with E-state index < -0.39 is 5.92 Å². The van der Waals surface area contributed by atoms with Gasteiger partial charge in [0.05, 0.1) is 10.9 Å². The SMILES string of the molecule is CCc1sc([C@@H]2C(C#N)=C(N)OC3=C2C(=O)CCC3)cc1COc1ccccc1Cl. The summed E-state index contributed by atoms with van der Waals surface area (Å²) in [5.41, 5.74) is 7.95. The number of carbonyl (C=O) groups is 1. The Bertz CT molecular complexity index is 1110. The van der Waals surface area contributed by atoms with E-state index >= 15 is 0 Å². The van der Waals surface area contributed by atoms with E-state index in [1.807, 2.05) is 24.3 Å². The number of halogens is 1. The quantitative estimate of drug-likeness (QED) is 0.676. The van der Waals surface area contributed by atoms with Gasteiger partial charge in [-0.15, -0.1) is 11.3 Å². The highest BCUT2D eigenvalue weighted by Gasteiger charge is 2.39. The molecule has 30 heavy (non-hydrogen) atoms. The van der Waals surface area contributed by atoms with Crippen molar-refractivity contribution in [3.63, 3.8) is 0 Å². The number of Topliss-reactive ketones (excluding diaryl/α,β-unsaturated/α-hetero) is 1. The van der Waals surface area contributed by atoms with Gasteiger partial charge in [0.2, 0.25) is 5.88 Å². The molecule has 1 aromatic carbocycles. The van der Waals surface area contributed by atoms with Gasteiger partial charge >= 0.3 is 0 Å². The molecule has 0 saturated carbocycles. The zero-order valence-electron chi connectivity index (χ0n) is 16.5. The van der Waals surface area contributed by atoms with Crippen molar-refractivity contribution in [3.8, 4) is 11.8 Å². The number of rotatable bonds is 5. The number of nitrogens with zero attached hydrogens (tertiary/aromatic N) is 1. The largest absolute Gasteiger partial charge is 0.487 e. The third kappa shape index (κ3) is 3.71. The third-order valence-corrected chi connectivity index (χ3v) is 7.04. The Kier molecular flexibility index (Phi) is 5.85. The normalized spacial score (nSPS) is 18.7. The van der Waals surface area contributed by atoms with E-state index in [4.69, 9.17) is 26.8 Å². The fourth-order valence-corrected chi connectivity index (χ4v) is 5.33. The lowest BCUT2D eigenvalue weighted by atomic mass is 9.80. The Labute approximate surface area is 184 Å². The lowest BCUT2D eigenvalue weighted by Gasteiger charge is -2.30. The molecule has 0 spiro atoms. The fourth-order valence-electron chi connectivity index (χ4n) is 3.91. The number of aryl methyl sites for hydroxylation is 1. The smallest absolute Gasteiger partial charge is 0.205 e. The van der Waals surface area contributed by atoms with Crippen LogP contribution >= 0.6 is 22.9 Å². The van der Waals surface area contributed by atoms with Gasteiger partial charge in [0.1, 0.15) is 29.8 Å². The summed E-state index contributed by atoms with van der Waals surface area (Å²) < 4.78 is 11.6. The molecule has 1 aliphatic carbocycles. The molecule has 1 aromatic heterocycles. The van der Waals surface area contributed by atoms with Crippen LogP contribution in [0.2, 0.25) is 5.02 Å². The van der Waals surface area contributed by atoms with Gasteiger partial charge in [-0.1, -0.05) is 30.7 Å². The zero-order chi connectivity index (χ0) is 21.3. The van der Waals surface area contributed by atoms with Gasteiger partial charge in [0.15, 0.2) is 5.78 Å². The average molecular weight is 441 g/mol. The molecule has 2 heterocycles. The number of nitriles is 1. The van der Waals surface area contributed by atoms with Gasteiger partial charge in [-0.25, -0.2) is 0 Å². The second-order valence-electron chi connectivity index (χ2n) is 7.21. The van der Waals surface area contributed by atoms with E-state index in [1.165, 1.54) is 0 Å². The monoisotopic (exact) mass is 440 g/mol. The van der Waals surface area contributed by atoms with Crippen molar-refractivity contribution in [3.05, 3.63) is 73.5 Å². The first kappa shape index (κ1) is 20.5. The summed E-state index contributed by atoms with van der Waals surface area (Å²) in [6.45, 7) is 2.43. The number of hydrogen-bond acceptors (Lipinski definition) is 6. The number of allylic oxidation sites excluding steroid dienone is 3. The van der Waals surface area contributed by atoms with Crippen LogP contribution in [0.1, 0.15) is 47.4 Å². The van der Waals surface area contributed by atoms with Crippen LogP contribution in [-0.2, 0) is 22.6 Å². The molecule has 0 radical (unpaired) electrons. The minimum absolute atomic E-state index is 0.0295. The molecule has 2 aromatic rings. The first-order chi connectivity index (χ1) is 14.5. The van der Waals surface area contributed by atoms with Gasteiger partial charge in [0.25, 0.3) is 0 Å². The van der Waals surface area contributed by atoms with Crippen molar-refractivity contribution >= 4 is 28.7 Å². The van der Waals surface area contributed by atoms with Gasteiger partial charge in [0, 0.05) is 33.7 Å². The van der Waals surface area contributed by atoms with Crippen molar-refractivity contribution < 1.29 is 14.3 Å². The van der Waals surface area contributed by atoms with Crippen molar-refractivity contribution in [2.75, 3.05) is 0 Å². The Hall–Kier alpha value is -2.75. The highest BCUT2D eigenvalue weighted by atomic mass is 35.5. The van der Waals surface area contributed by atoms with Crippen LogP contribution in [0.25, 0.3) is 0 Å². The Morgan fingerprint density at radius 3 is 2.90 bits per heavy atom. The van der Waals surface area contributed by atoms with Crippen molar-refractivity contribution in [1.82, 2.24) is 0 Å². The maximum absolute atomic E-state index is 12.7. The minimum atomic E-state index is -0.476. The molecular formula is C23H21ClN2O3S. The summed E-state index contributed by atoms with van der Waals surface area (Å²) in [7, 11) is 0. The molecule has 0 saturated heterocycles. The number of para-hydroxylation sites is 1. The maximum atomic E-state index is 12.7. The molecule has 1 aliphatic heterocycles. The maximum Gasteiger partial charge on any atom is 0.205 e. The first-order valence-corrected chi connectivity index (χ1v) is 11.1. The number of thiophene rings is 1. The van der Waals surface area contributed by atoms with E-state index in [2.05, 4.69) is 13.0 Å². The van der Waals surface area contributed by atoms with Gasteiger partial charge in [-0.3, -0.25) is 4.79 Å². The molecule has 2 N–H and O–H groups in total. The lowest BCUT2D eigenvalue weighted by Crippen LogP contribution is -2.27. The second kappa shape index (κ2) is 8.55. The Morgan fingerprint density at radius 1 is 1.37 bits per heavy atom. The predicted octanol–water partition coefficient (Wildman–Crippen LogP) is 5.36. The molecule has 5 nitrogen and oxygen atoms in total. The summed E-state index contributed by atoms with van der Waals surface area (Å²) in [6.07, 6.45) is 2.68. The summed E-state index contributed by atoms with van der Waals surface area (Å²) in [5, 5.41) is 10.3. The summed E-state index contributed by atoms with van der Waals surface area (Å²) in [4.78, 5) is 14.8. The van der Waals surface area contributed by atoms with Gasteiger partial charge in [-0.05, 0) is 31.0 Å². The van der Waals surface area contributed by atoms with Crippen LogP contribution in [-0.4, -0.2) is 5.78 Å². The average Bonchev–Trinajstić information content (AvgIpc) is 3.15. The lowest BCUT2D eigenvalue weighted by molar-refractivity contribution is -0.116. The number of hydrogen-bond donors (Lipinski definition) is 1. The number of ether oxygens (including phenoxy) is 2. The fraction of sp³-hybridized carbons (Fsp3) is 0.304. The van der Waals surface area contributed by atoms with Crippen LogP contribution in [0.5, 0.6) is 5.75 Å². The van der Waals surface area contributed by atoms with Crippen LogP contribution in [0.15, 0.2) is 53.1 Å². The number of benzene rings is 1. The predicted molar refractivity (Wildman–Crippen MR) is 116 cm³/mol. The van der Waals surface area contributed by atoms with Crippen LogP contribution in [0.3, 0.4) is 0 Å². The number of nitrogens with two attached hydrogens (primary N) is 1. The third-order valence-electron chi connectivity index (χ3n) is 5.35. The molecule has 0 amide bonds. The first-order valence-electron chi connectivity index (χ1n) is 9.86. The summed E-state index contributed by atoms with van der Waals surface area (Å²) in [6, 6.07) is 11.5. The molecule has 7 heteroatoms. The van der Waals surface area contributed by atoms with E-state index in [9.17, 15) is 10.1 Å². The minimum Gasteiger partial charge on any atom is -0.487 e. The van der Waals surface area contributed by atoms with Gasteiger partial charge < -0.3 is 15.2 Å². The molecule has 4 rings (SSSR count). The van der Waals surface area contributed by atoms with Gasteiger partial charge in [-0.2, -0.15) is 5.26 Å². The molecule has 0 fully saturated rings. The highest BCUT2D eigenvalue weighted by molar-refractivity contribution is 7.12. The van der Waals surface area contributed by atoms with Crippen molar-refractivity contribution in [1.29, 1.82) is 5.26 Å². The van der Waals surface area contributed by atoms with E-state index in [0.29, 0.717) is 47.1 Å². The standard InChI is InChI=1S/C23H21ClN2O3S/c1-2-19-13(12-28-17-8-4-3-6-15(17)24)10-20(30-19)21-14(11-25)23(26)29-18-9-5-7-16(27)22(18)21/h3-4,6,8,10,21H,2,5,7,9,12,26H2,1H3/t21-/m0/s1. The van der Waals surface area contributed by atoms with Crippen LogP contribution < -0.4 is 10.5 Å². The summed E-state index contributed by atoms with van der Waals surface area (Å²) in [5.74, 6) is 0.872. The topological polar surface area (TPSA) is 85.3 Å². The van der Waals surface area contributed by atoms with Crippen molar-refractivity contribution in [2.45, 2.75) is 45.1 Å². The highest BCUT2D eigenvalue weighted by Crippen LogP contribution is 2.46. The van der Waals surface area contributed by atoms with E-state index in [-0.39, 0.29) is 11.7 Å². The molecule has 2 aliphatic rings. The molecule has 1 atom stereocenters. The number of carbonyl (C=O) groups excluding carboxylic acids is 1. The Balaban J connectivity index is 1.71. The Morgan fingerprint density at radius 2 is 2.17 bits per heavy atom. The molecule has 0 bridgehead atoms. The zero-order valence-corrected chi connectivity index (χ0v) is 18.1. The number of ketones is 1. The van der Waals surface area contributed by atoms with Crippen LogP contribution in [0, 0.1) is 11.3 Å².